The summed E-state index contributed by atoms with van der Waals surface area (Å²) >= 11 is 0. The number of H-pyrrole nitrogens is 1. The Labute approximate surface area is 136 Å². The van der Waals surface area contributed by atoms with Gasteiger partial charge in [0.1, 0.15) is 6.04 Å². The number of aromatic amines is 1. The molecule has 23 heavy (non-hydrogen) atoms. The molecule has 1 aromatic carbocycles. The van der Waals surface area contributed by atoms with Crippen LogP contribution >= 0.6 is 0 Å². The normalized spacial score (nSPS) is 17.9. The summed E-state index contributed by atoms with van der Waals surface area (Å²) in [5.74, 6) is 0.107. The zero-order valence-corrected chi connectivity index (χ0v) is 13.7. The summed E-state index contributed by atoms with van der Waals surface area (Å²) in [6, 6.07) is 7.92. The van der Waals surface area contributed by atoms with E-state index in [1.54, 1.807) is 23.9 Å². The van der Waals surface area contributed by atoms with Crippen molar-refractivity contribution < 1.29 is 9.59 Å². The maximum atomic E-state index is 12.3. The average molecular weight is 313 g/mol. The number of benzene rings is 1. The molecule has 122 valence electrons. The van der Waals surface area contributed by atoms with Crippen molar-refractivity contribution in [1.82, 2.24) is 14.8 Å². The standard InChI is InChI=1S/C18H23N3O2/c1-20-11-10-16(18(20)23)21(2)17(22)9-5-6-13-12-19-15-8-4-3-7-14(13)15/h3-4,7-8,12,16,19H,5-6,9-11H2,1-2H3. The van der Waals surface area contributed by atoms with Crippen LogP contribution in [0.25, 0.3) is 10.9 Å². The molecule has 1 aliphatic heterocycles. The monoisotopic (exact) mass is 313 g/mol. The molecule has 1 unspecified atom stereocenters. The number of carbonyl (C=O) groups is 2. The first-order valence-corrected chi connectivity index (χ1v) is 8.13. The number of amides is 2. The summed E-state index contributed by atoms with van der Waals surface area (Å²) in [5.41, 5.74) is 2.37. The van der Waals surface area contributed by atoms with Crippen molar-refractivity contribution >= 4 is 22.7 Å². The molecule has 5 nitrogen and oxygen atoms in total. The third-order valence-electron chi connectivity index (χ3n) is 4.77. The third kappa shape index (κ3) is 3.09. The lowest BCUT2D eigenvalue weighted by Gasteiger charge is -2.23. The number of hydrogen-bond acceptors (Lipinski definition) is 2. The van der Waals surface area contributed by atoms with Crippen molar-refractivity contribution in [2.24, 2.45) is 0 Å². The highest BCUT2D eigenvalue weighted by Crippen LogP contribution is 2.20. The first-order chi connectivity index (χ1) is 11.1. The topological polar surface area (TPSA) is 56.4 Å². The molecule has 5 heteroatoms. The zero-order valence-electron chi connectivity index (χ0n) is 13.7. The van der Waals surface area contributed by atoms with Crippen LogP contribution < -0.4 is 0 Å². The van der Waals surface area contributed by atoms with E-state index in [2.05, 4.69) is 17.1 Å². The van der Waals surface area contributed by atoms with E-state index in [0.717, 1.165) is 31.3 Å². The van der Waals surface area contributed by atoms with Crippen LogP contribution in [-0.4, -0.2) is 53.3 Å². The predicted molar refractivity (Wildman–Crippen MR) is 90.0 cm³/mol. The summed E-state index contributed by atoms with van der Waals surface area (Å²) in [6.07, 6.45) is 4.89. The number of hydrogen-bond donors (Lipinski definition) is 1. The number of nitrogens with one attached hydrogen (secondary N) is 1. The van der Waals surface area contributed by atoms with Crippen LogP contribution in [0.3, 0.4) is 0 Å². The fourth-order valence-corrected chi connectivity index (χ4v) is 3.28. The smallest absolute Gasteiger partial charge is 0.245 e. The Kier molecular flexibility index (Phi) is 4.37. The van der Waals surface area contributed by atoms with Crippen LogP contribution in [0.15, 0.2) is 30.5 Å². The molecule has 0 bridgehead atoms. The van der Waals surface area contributed by atoms with Gasteiger partial charge in [-0.05, 0) is 30.9 Å². The van der Waals surface area contributed by atoms with Gasteiger partial charge in [-0.25, -0.2) is 0 Å². The van der Waals surface area contributed by atoms with Gasteiger partial charge in [0, 0.05) is 44.2 Å². The maximum Gasteiger partial charge on any atom is 0.245 e. The number of fused-ring (bicyclic) bond motifs is 1. The zero-order chi connectivity index (χ0) is 16.4. The van der Waals surface area contributed by atoms with E-state index in [-0.39, 0.29) is 17.9 Å². The molecule has 2 heterocycles. The van der Waals surface area contributed by atoms with Crippen molar-refractivity contribution in [2.45, 2.75) is 31.7 Å². The van der Waals surface area contributed by atoms with Crippen molar-refractivity contribution in [2.75, 3.05) is 20.6 Å². The Morgan fingerprint density at radius 2 is 2.17 bits per heavy atom. The molecule has 1 aliphatic rings. The number of likely N-dealkylation sites (N-methyl/N-ethyl adjacent to an activating group) is 2. The van der Waals surface area contributed by atoms with E-state index in [9.17, 15) is 9.59 Å². The molecule has 1 saturated heterocycles. The molecule has 1 N–H and O–H groups in total. The Morgan fingerprint density at radius 3 is 2.91 bits per heavy atom. The highest BCUT2D eigenvalue weighted by Gasteiger charge is 2.34. The summed E-state index contributed by atoms with van der Waals surface area (Å²) in [6.45, 7) is 0.733. The fraction of sp³-hybridized carbons (Fsp3) is 0.444. The molecule has 1 atom stereocenters. The molecule has 0 spiro atoms. The number of nitrogens with zero attached hydrogens (tertiary/aromatic N) is 2. The largest absolute Gasteiger partial charge is 0.361 e. The highest BCUT2D eigenvalue weighted by molar-refractivity contribution is 5.89. The lowest BCUT2D eigenvalue weighted by atomic mass is 10.1. The Balaban J connectivity index is 1.54. The van der Waals surface area contributed by atoms with Gasteiger partial charge < -0.3 is 14.8 Å². The SMILES string of the molecule is CN1CCC(N(C)C(=O)CCCc2c[nH]c3ccccc23)C1=O. The van der Waals surface area contributed by atoms with E-state index < -0.39 is 0 Å². The highest BCUT2D eigenvalue weighted by atomic mass is 16.2. The summed E-state index contributed by atoms with van der Waals surface area (Å²) in [7, 11) is 3.54. The van der Waals surface area contributed by atoms with Crippen LogP contribution in [-0.2, 0) is 16.0 Å². The Bertz CT molecular complexity index is 722. The molecule has 0 aliphatic carbocycles. The number of rotatable bonds is 5. The molecule has 0 saturated carbocycles. The van der Waals surface area contributed by atoms with Gasteiger partial charge in [-0.3, -0.25) is 9.59 Å². The van der Waals surface area contributed by atoms with Gasteiger partial charge in [0.25, 0.3) is 0 Å². The Morgan fingerprint density at radius 1 is 1.39 bits per heavy atom. The van der Waals surface area contributed by atoms with Crippen molar-refractivity contribution in [3.63, 3.8) is 0 Å². The first-order valence-electron chi connectivity index (χ1n) is 8.13. The number of para-hydroxylation sites is 1. The molecule has 2 amide bonds. The second-order valence-corrected chi connectivity index (χ2v) is 6.28. The summed E-state index contributed by atoms with van der Waals surface area (Å²) in [5, 5.41) is 1.22. The second-order valence-electron chi connectivity index (χ2n) is 6.28. The van der Waals surface area contributed by atoms with Gasteiger partial charge in [-0.2, -0.15) is 0 Å². The molecular formula is C18H23N3O2. The molecule has 3 rings (SSSR count). The van der Waals surface area contributed by atoms with Crippen LogP contribution in [0.1, 0.15) is 24.8 Å². The molecular weight excluding hydrogens is 290 g/mol. The predicted octanol–water partition coefficient (Wildman–Crippen LogP) is 2.18. The van der Waals surface area contributed by atoms with Crippen molar-refractivity contribution in [3.8, 4) is 0 Å². The van der Waals surface area contributed by atoms with Gasteiger partial charge in [-0.15, -0.1) is 0 Å². The van der Waals surface area contributed by atoms with Crippen LogP contribution in [0.2, 0.25) is 0 Å². The number of likely N-dealkylation sites (tertiary alicyclic amines) is 1. The molecule has 1 fully saturated rings. The fourth-order valence-electron chi connectivity index (χ4n) is 3.28. The van der Waals surface area contributed by atoms with E-state index in [1.165, 1.54) is 10.9 Å². The van der Waals surface area contributed by atoms with Gasteiger partial charge in [-0.1, -0.05) is 18.2 Å². The van der Waals surface area contributed by atoms with Gasteiger partial charge in [0.15, 0.2) is 0 Å². The Hall–Kier alpha value is -2.30. The van der Waals surface area contributed by atoms with E-state index in [1.807, 2.05) is 18.3 Å². The number of aryl methyl sites for hydroxylation is 1. The lowest BCUT2D eigenvalue weighted by molar-refractivity contribution is -0.140. The minimum Gasteiger partial charge on any atom is -0.361 e. The van der Waals surface area contributed by atoms with Crippen molar-refractivity contribution in [1.29, 1.82) is 0 Å². The molecule has 1 aromatic heterocycles. The molecule has 2 aromatic rings. The van der Waals surface area contributed by atoms with E-state index in [0.29, 0.717) is 6.42 Å². The van der Waals surface area contributed by atoms with Crippen molar-refractivity contribution in [3.05, 3.63) is 36.0 Å². The molecule has 0 radical (unpaired) electrons. The first kappa shape index (κ1) is 15.6. The van der Waals surface area contributed by atoms with E-state index in [4.69, 9.17) is 0 Å². The van der Waals surface area contributed by atoms with Crippen LogP contribution in [0.5, 0.6) is 0 Å². The lowest BCUT2D eigenvalue weighted by Crippen LogP contribution is -2.42. The number of aromatic nitrogens is 1. The average Bonchev–Trinajstić information content (AvgIpc) is 3.11. The second kappa shape index (κ2) is 6.44. The van der Waals surface area contributed by atoms with Gasteiger partial charge in [0.2, 0.25) is 11.8 Å². The minimum absolute atomic E-state index is 0.0532. The van der Waals surface area contributed by atoms with Gasteiger partial charge in [0.05, 0.1) is 0 Å². The summed E-state index contributed by atoms with van der Waals surface area (Å²) < 4.78 is 0. The quantitative estimate of drug-likeness (QED) is 0.920. The van der Waals surface area contributed by atoms with Crippen LogP contribution in [0, 0.1) is 0 Å². The minimum atomic E-state index is -0.277. The number of carbonyl (C=O) groups excluding carboxylic acids is 2. The maximum absolute atomic E-state index is 12.3. The summed E-state index contributed by atoms with van der Waals surface area (Å²) in [4.78, 5) is 30.9. The van der Waals surface area contributed by atoms with E-state index >= 15 is 0 Å². The van der Waals surface area contributed by atoms with Gasteiger partial charge >= 0.3 is 0 Å². The van der Waals surface area contributed by atoms with Crippen LogP contribution in [0.4, 0.5) is 0 Å². The third-order valence-corrected chi connectivity index (χ3v) is 4.77.